The minimum absolute atomic E-state index is 0. The number of pyridine rings is 1. The summed E-state index contributed by atoms with van der Waals surface area (Å²) in [6.07, 6.45) is 3.24. The average Bonchev–Trinajstić information content (AvgIpc) is 1.91. The van der Waals surface area contributed by atoms with E-state index in [9.17, 15) is 0 Å². The standard InChI is InChI=1S/C6H4N3.Na/c7-5-9-6-3-1-2-4-8-6;/h1-4H;/q-1;+1. The van der Waals surface area contributed by atoms with Gasteiger partial charge in [-0.15, -0.1) is 0 Å². The normalized spacial score (nSPS) is 7.10. The summed E-state index contributed by atoms with van der Waals surface area (Å²) >= 11 is 0. The molecule has 0 N–H and O–H groups in total. The molecule has 0 amide bonds. The Kier molecular flexibility index (Phi) is 4.95. The minimum Gasteiger partial charge on any atom is -0.386 e. The maximum absolute atomic E-state index is 8.06. The van der Waals surface area contributed by atoms with Gasteiger partial charge in [0, 0.05) is 12.0 Å². The summed E-state index contributed by atoms with van der Waals surface area (Å²) < 4.78 is 0. The van der Waals surface area contributed by atoms with Crippen molar-refractivity contribution in [3.63, 3.8) is 0 Å². The van der Waals surface area contributed by atoms with Gasteiger partial charge in [0.15, 0.2) is 0 Å². The molecule has 0 unspecified atom stereocenters. The van der Waals surface area contributed by atoms with Crippen LogP contribution in [0.1, 0.15) is 0 Å². The summed E-state index contributed by atoms with van der Waals surface area (Å²) in [5.74, 6) is 0.458. The van der Waals surface area contributed by atoms with Gasteiger partial charge in [-0.1, -0.05) is 12.1 Å². The minimum atomic E-state index is 0. The second-order valence-electron chi connectivity index (χ2n) is 1.40. The number of hydrogen-bond acceptors (Lipinski definition) is 2. The van der Waals surface area contributed by atoms with E-state index in [2.05, 4.69) is 10.3 Å². The quantitative estimate of drug-likeness (QED) is 0.355. The predicted octanol–water partition coefficient (Wildman–Crippen LogP) is -1.43. The third kappa shape index (κ3) is 2.83. The number of nitriles is 1. The van der Waals surface area contributed by atoms with Crippen molar-refractivity contribution >= 4 is 5.82 Å². The van der Waals surface area contributed by atoms with E-state index in [0.29, 0.717) is 5.82 Å². The molecule has 0 aromatic carbocycles. The van der Waals surface area contributed by atoms with Crippen LogP contribution in [-0.4, -0.2) is 4.98 Å². The van der Waals surface area contributed by atoms with Gasteiger partial charge < -0.3 is 15.6 Å². The van der Waals surface area contributed by atoms with Crippen LogP contribution in [0.4, 0.5) is 5.82 Å². The van der Waals surface area contributed by atoms with Crippen molar-refractivity contribution in [1.29, 1.82) is 5.26 Å². The monoisotopic (exact) mass is 141 g/mol. The molecule has 3 nitrogen and oxygen atoms in total. The van der Waals surface area contributed by atoms with Gasteiger partial charge in [-0.3, -0.25) is 0 Å². The van der Waals surface area contributed by atoms with Crippen LogP contribution >= 0.6 is 0 Å². The molecule has 1 rings (SSSR count). The van der Waals surface area contributed by atoms with Gasteiger partial charge >= 0.3 is 29.6 Å². The van der Waals surface area contributed by atoms with E-state index >= 15 is 0 Å². The van der Waals surface area contributed by atoms with Crippen molar-refractivity contribution in [2.45, 2.75) is 0 Å². The molecular formula is C6H4N3Na. The Morgan fingerprint density at radius 1 is 1.50 bits per heavy atom. The summed E-state index contributed by atoms with van der Waals surface area (Å²) in [6, 6.07) is 5.22. The van der Waals surface area contributed by atoms with Crippen LogP contribution in [0.3, 0.4) is 0 Å². The smallest absolute Gasteiger partial charge is 0.386 e. The molecule has 1 aromatic heterocycles. The van der Waals surface area contributed by atoms with E-state index in [1.165, 1.54) is 0 Å². The molecule has 1 aromatic rings. The first-order valence-electron chi connectivity index (χ1n) is 2.44. The Bertz CT molecular complexity index is 216. The molecule has 0 bridgehead atoms. The van der Waals surface area contributed by atoms with Gasteiger partial charge in [-0.25, -0.2) is 0 Å². The topological polar surface area (TPSA) is 50.8 Å². The molecular weight excluding hydrogens is 137 g/mol. The molecule has 0 aliphatic rings. The Hall–Kier alpha value is -0.560. The van der Waals surface area contributed by atoms with Crippen molar-refractivity contribution < 1.29 is 29.6 Å². The number of rotatable bonds is 1. The van der Waals surface area contributed by atoms with Gasteiger partial charge in [0.05, 0.1) is 0 Å². The molecule has 0 aliphatic carbocycles. The zero-order chi connectivity index (χ0) is 6.53. The molecule has 44 valence electrons. The maximum Gasteiger partial charge on any atom is 1.00 e. The van der Waals surface area contributed by atoms with Crippen LogP contribution in [-0.2, 0) is 0 Å². The van der Waals surface area contributed by atoms with Crippen LogP contribution in [0.2, 0.25) is 0 Å². The maximum atomic E-state index is 8.06. The third-order valence-corrected chi connectivity index (χ3v) is 0.814. The molecule has 0 aliphatic heterocycles. The SMILES string of the molecule is N#C[N-]c1ccccn1.[Na+]. The first-order chi connectivity index (χ1) is 4.43. The van der Waals surface area contributed by atoms with Crippen molar-refractivity contribution in [2.24, 2.45) is 0 Å². The summed E-state index contributed by atoms with van der Waals surface area (Å²) in [5, 5.41) is 11.5. The summed E-state index contributed by atoms with van der Waals surface area (Å²) in [6.45, 7) is 0. The molecule has 10 heavy (non-hydrogen) atoms. The van der Waals surface area contributed by atoms with Crippen LogP contribution in [0.25, 0.3) is 5.32 Å². The second kappa shape index (κ2) is 5.24. The zero-order valence-electron chi connectivity index (χ0n) is 5.65. The first kappa shape index (κ1) is 9.44. The Morgan fingerprint density at radius 3 is 2.80 bits per heavy atom. The second-order valence-corrected chi connectivity index (χ2v) is 1.40. The zero-order valence-corrected chi connectivity index (χ0v) is 7.65. The third-order valence-electron chi connectivity index (χ3n) is 0.814. The molecule has 0 atom stereocenters. The van der Waals surface area contributed by atoms with Gasteiger partial charge in [0.2, 0.25) is 0 Å². The summed E-state index contributed by atoms with van der Waals surface area (Å²) in [4.78, 5) is 3.78. The molecule has 1 heterocycles. The van der Waals surface area contributed by atoms with E-state index in [4.69, 9.17) is 5.26 Å². The molecule has 4 heteroatoms. The van der Waals surface area contributed by atoms with E-state index in [0.717, 1.165) is 0 Å². The van der Waals surface area contributed by atoms with Gasteiger partial charge in [-0.05, 0) is 12.3 Å². The van der Waals surface area contributed by atoms with Gasteiger partial charge in [-0.2, -0.15) is 0 Å². The van der Waals surface area contributed by atoms with Crippen LogP contribution in [0.15, 0.2) is 24.4 Å². The van der Waals surface area contributed by atoms with Crippen LogP contribution in [0.5, 0.6) is 0 Å². The summed E-state index contributed by atoms with van der Waals surface area (Å²) in [7, 11) is 0. The summed E-state index contributed by atoms with van der Waals surface area (Å²) in [5.41, 5.74) is 0. The fraction of sp³-hybridized carbons (Fsp3) is 0. The predicted molar refractivity (Wildman–Crippen MR) is 32.9 cm³/mol. The van der Waals surface area contributed by atoms with Crippen molar-refractivity contribution in [1.82, 2.24) is 4.98 Å². The number of aromatic nitrogens is 1. The van der Waals surface area contributed by atoms with Crippen LogP contribution in [0, 0.1) is 11.5 Å². The van der Waals surface area contributed by atoms with E-state index in [1.807, 2.05) is 0 Å². The van der Waals surface area contributed by atoms with E-state index < -0.39 is 0 Å². The number of nitrogens with zero attached hydrogens (tertiary/aromatic N) is 3. The molecule has 0 saturated heterocycles. The Labute approximate surface area is 81.4 Å². The molecule has 0 saturated carbocycles. The molecule has 0 spiro atoms. The first-order valence-corrected chi connectivity index (χ1v) is 2.44. The molecule has 0 radical (unpaired) electrons. The number of hydrogen-bond donors (Lipinski definition) is 0. The van der Waals surface area contributed by atoms with Crippen molar-refractivity contribution in [3.05, 3.63) is 29.7 Å². The van der Waals surface area contributed by atoms with E-state index in [-0.39, 0.29) is 29.6 Å². The largest absolute Gasteiger partial charge is 1.00 e. The van der Waals surface area contributed by atoms with Crippen LogP contribution < -0.4 is 29.6 Å². The van der Waals surface area contributed by atoms with Gasteiger partial charge in [0.1, 0.15) is 0 Å². The van der Waals surface area contributed by atoms with Crippen molar-refractivity contribution in [2.75, 3.05) is 0 Å². The van der Waals surface area contributed by atoms with E-state index in [1.54, 1.807) is 30.6 Å². The fourth-order valence-corrected chi connectivity index (χ4v) is 0.471. The van der Waals surface area contributed by atoms with Crippen molar-refractivity contribution in [3.8, 4) is 6.19 Å². The Morgan fingerprint density at radius 2 is 2.30 bits per heavy atom. The average molecular weight is 141 g/mol. The van der Waals surface area contributed by atoms with Gasteiger partial charge in [0.25, 0.3) is 0 Å². The Balaban J connectivity index is 0.000000810. The fourth-order valence-electron chi connectivity index (χ4n) is 0.471. The molecule has 0 fully saturated rings.